The van der Waals surface area contributed by atoms with Gasteiger partial charge in [0.25, 0.3) is 0 Å². The third kappa shape index (κ3) is 7.74. The minimum absolute atomic E-state index is 0.0979. The number of aryl methyl sites for hydroxylation is 3. The molecule has 0 saturated carbocycles. The van der Waals surface area contributed by atoms with E-state index in [1.165, 1.54) is 23.2 Å². The van der Waals surface area contributed by atoms with Gasteiger partial charge < -0.3 is 29.5 Å². The summed E-state index contributed by atoms with van der Waals surface area (Å²) in [4.78, 5) is 25.5. The molecule has 2 N–H and O–H groups in total. The number of methoxy groups -OCH3 is 2. The van der Waals surface area contributed by atoms with Crippen LogP contribution in [0.1, 0.15) is 46.7 Å². The van der Waals surface area contributed by atoms with Gasteiger partial charge in [0.15, 0.2) is 11.6 Å². The molecule has 3 aromatic carbocycles. The van der Waals surface area contributed by atoms with Crippen molar-refractivity contribution in [2.24, 2.45) is 5.92 Å². The SMILES string of the molecule is COc1ccc(OC)c(C(c2c(C)cc(C)cc2C)N(C(=O)O)c2ccnc(Nc3ccc(OCC4CCCN(C)C4)c(F)c3)n2)c1. The molecule has 1 fully saturated rings. The number of amides is 1. The van der Waals surface area contributed by atoms with Crippen molar-refractivity contribution in [1.82, 2.24) is 14.9 Å². The lowest BCUT2D eigenvalue weighted by Gasteiger charge is -2.33. The fourth-order valence-corrected chi connectivity index (χ4v) is 6.43. The average molecular weight is 644 g/mol. The monoisotopic (exact) mass is 643 g/mol. The van der Waals surface area contributed by atoms with Gasteiger partial charge in [-0.3, -0.25) is 0 Å². The van der Waals surface area contributed by atoms with E-state index in [0.717, 1.165) is 48.2 Å². The Morgan fingerprint density at radius 2 is 1.81 bits per heavy atom. The minimum Gasteiger partial charge on any atom is -0.497 e. The van der Waals surface area contributed by atoms with Crippen molar-refractivity contribution in [3.8, 4) is 17.2 Å². The number of carbonyl (C=O) groups is 1. The molecule has 5 rings (SSSR count). The van der Waals surface area contributed by atoms with Crippen LogP contribution in [0.25, 0.3) is 0 Å². The summed E-state index contributed by atoms with van der Waals surface area (Å²) in [6.07, 6.45) is 2.39. The number of carboxylic acid groups (broad SMARTS) is 1. The maximum atomic E-state index is 15.1. The van der Waals surface area contributed by atoms with E-state index in [1.807, 2.05) is 32.9 Å². The minimum atomic E-state index is -1.24. The zero-order valence-electron chi connectivity index (χ0n) is 27.7. The van der Waals surface area contributed by atoms with E-state index in [0.29, 0.717) is 35.3 Å². The second-order valence-electron chi connectivity index (χ2n) is 12.1. The summed E-state index contributed by atoms with van der Waals surface area (Å²) >= 11 is 0. The summed E-state index contributed by atoms with van der Waals surface area (Å²) < 4.78 is 32.2. The van der Waals surface area contributed by atoms with Crippen LogP contribution in [-0.2, 0) is 0 Å². The van der Waals surface area contributed by atoms with Gasteiger partial charge in [-0.25, -0.2) is 19.1 Å². The number of hydrogen-bond donors (Lipinski definition) is 2. The number of likely N-dealkylation sites (tertiary alicyclic amines) is 1. The quantitative estimate of drug-likeness (QED) is 0.174. The number of piperidine rings is 1. The van der Waals surface area contributed by atoms with Crippen LogP contribution >= 0.6 is 0 Å². The first-order chi connectivity index (χ1) is 22.6. The highest BCUT2D eigenvalue weighted by atomic mass is 19.1. The molecule has 1 aliphatic rings. The number of nitrogens with one attached hydrogen (secondary N) is 1. The van der Waals surface area contributed by atoms with E-state index in [-0.39, 0.29) is 17.5 Å². The Bertz CT molecular complexity index is 1710. The molecule has 0 aliphatic carbocycles. The molecular weight excluding hydrogens is 601 g/mol. The van der Waals surface area contributed by atoms with Crippen molar-refractivity contribution < 1.29 is 28.5 Å². The highest BCUT2D eigenvalue weighted by molar-refractivity contribution is 5.87. The summed E-state index contributed by atoms with van der Waals surface area (Å²) in [5.74, 6) is 1.26. The molecule has 0 radical (unpaired) electrons. The van der Waals surface area contributed by atoms with Crippen molar-refractivity contribution in [1.29, 1.82) is 0 Å². The van der Waals surface area contributed by atoms with Crippen LogP contribution in [-0.4, -0.2) is 67.0 Å². The van der Waals surface area contributed by atoms with Gasteiger partial charge in [-0.05, 0) is 100 Å². The Balaban J connectivity index is 1.48. The number of rotatable bonds is 11. The van der Waals surface area contributed by atoms with Crippen molar-refractivity contribution in [3.63, 3.8) is 0 Å². The van der Waals surface area contributed by atoms with Crippen LogP contribution in [0.15, 0.2) is 60.8 Å². The van der Waals surface area contributed by atoms with Crippen LogP contribution in [0.3, 0.4) is 0 Å². The Morgan fingerprint density at radius 3 is 2.47 bits per heavy atom. The fraction of sp³-hybridized carbons (Fsp3) is 0.361. The number of hydrogen-bond acceptors (Lipinski definition) is 8. The molecule has 11 heteroatoms. The predicted octanol–water partition coefficient (Wildman–Crippen LogP) is 7.30. The largest absolute Gasteiger partial charge is 0.497 e. The van der Waals surface area contributed by atoms with Gasteiger partial charge in [-0.1, -0.05) is 17.7 Å². The Morgan fingerprint density at radius 1 is 1.06 bits per heavy atom. The first-order valence-corrected chi connectivity index (χ1v) is 15.6. The molecule has 0 bridgehead atoms. The fourth-order valence-electron chi connectivity index (χ4n) is 6.43. The van der Waals surface area contributed by atoms with E-state index >= 15 is 4.39 Å². The smallest absolute Gasteiger partial charge is 0.413 e. The first kappa shape index (κ1) is 33.5. The molecule has 248 valence electrons. The number of ether oxygens (including phenoxy) is 3. The predicted molar refractivity (Wildman–Crippen MR) is 180 cm³/mol. The molecule has 10 nitrogen and oxygen atoms in total. The van der Waals surface area contributed by atoms with Crippen molar-refractivity contribution >= 4 is 23.5 Å². The maximum Gasteiger partial charge on any atom is 0.413 e. The van der Waals surface area contributed by atoms with Crippen molar-refractivity contribution in [2.45, 2.75) is 39.7 Å². The van der Waals surface area contributed by atoms with Gasteiger partial charge in [0, 0.05) is 36.0 Å². The summed E-state index contributed by atoms with van der Waals surface area (Å²) in [5, 5.41) is 13.8. The summed E-state index contributed by atoms with van der Waals surface area (Å²) in [6, 6.07) is 14.6. The third-order valence-electron chi connectivity index (χ3n) is 8.48. The zero-order valence-corrected chi connectivity index (χ0v) is 27.7. The zero-order chi connectivity index (χ0) is 33.7. The number of anilines is 3. The molecule has 1 aliphatic heterocycles. The van der Waals surface area contributed by atoms with Gasteiger partial charge in [0.05, 0.1) is 26.9 Å². The molecular formula is C36H42FN5O5. The maximum absolute atomic E-state index is 15.1. The molecule has 1 amide bonds. The third-order valence-corrected chi connectivity index (χ3v) is 8.48. The topological polar surface area (TPSA) is 109 Å². The Kier molecular flexibility index (Phi) is 10.5. The lowest BCUT2D eigenvalue weighted by atomic mass is 9.88. The van der Waals surface area contributed by atoms with Crippen molar-refractivity contribution in [3.05, 3.63) is 94.4 Å². The van der Waals surface area contributed by atoms with Gasteiger partial charge in [0.2, 0.25) is 5.95 Å². The molecule has 1 aromatic heterocycles. The first-order valence-electron chi connectivity index (χ1n) is 15.6. The van der Waals surface area contributed by atoms with Crippen molar-refractivity contribution in [2.75, 3.05) is 51.2 Å². The van der Waals surface area contributed by atoms with Crippen LogP contribution in [0, 0.1) is 32.5 Å². The molecule has 47 heavy (non-hydrogen) atoms. The molecule has 2 atom stereocenters. The molecule has 1 saturated heterocycles. The van der Waals surface area contributed by atoms with E-state index in [4.69, 9.17) is 14.2 Å². The van der Waals surface area contributed by atoms with Crippen LogP contribution in [0.4, 0.5) is 26.6 Å². The number of benzene rings is 3. The van der Waals surface area contributed by atoms with Gasteiger partial charge in [0.1, 0.15) is 17.3 Å². The van der Waals surface area contributed by atoms with E-state index < -0.39 is 18.0 Å². The molecule has 2 unspecified atom stereocenters. The summed E-state index contributed by atoms with van der Waals surface area (Å²) in [7, 11) is 5.18. The molecule has 4 aromatic rings. The Hall–Kier alpha value is -4.90. The average Bonchev–Trinajstić information content (AvgIpc) is 3.03. The summed E-state index contributed by atoms with van der Waals surface area (Å²) in [6.45, 7) is 8.36. The molecule has 2 heterocycles. The van der Waals surface area contributed by atoms with Gasteiger partial charge in [-0.2, -0.15) is 4.98 Å². The van der Waals surface area contributed by atoms with E-state index in [9.17, 15) is 9.90 Å². The number of halogens is 1. The highest BCUT2D eigenvalue weighted by Gasteiger charge is 2.34. The van der Waals surface area contributed by atoms with Crippen LogP contribution < -0.4 is 24.4 Å². The van der Waals surface area contributed by atoms with Gasteiger partial charge >= 0.3 is 6.09 Å². The second-order valence-corrected chi connectivity index (χ2v) is 12.1. The normalized spacial score (nSPS) is 15.5. The lowest BCUT2D eigenvalue weighted by Crippen LogP contribution is -2.36. The highest BCUT2D eigenvalue weighted by Crippen LogP contribution is 2.42. The van der Waals surface area contributed by atoms with Crippen LogP contribution in [0.5, 0.6) is 17.2 Å². The van der Waals surface area contributed by atoms with Crippen LogP contribution in [0.2, 0.25) is 0 Å². The summed E-state index contributed by atoms with van der Waals surface area (Å²) in [5.41, 5.74) is 4.63. The van der Waals surface area contributed by atoms with E-state index in [1.54, 1.807) is 44.6 Å². The number of aromatic nitrogens is 2. The standard InChI is InChI=1S/C36H42FN5O5/c1-22-16-23(2)33(24(3)17-22)34(28-19-27(45-5)10-12-30(28)46-6)42(36(43)44)32-13-14-38-35(40-32)39-26-9-11-31(29(37)18-26)47-21-25-8-7-15-41(4)20-25/h9-14,16-19,25,34H,7-8,15,20-21H2,1-6H3,(H,43,44)(H,38,39,40). The van der Waals surface area contributed by atoms with Gasteiger partial charge in [-0.15, -0.1) is 0 Å². The van der Waals surface area contributed by atoms with E-state index in [2.05, 4.69) is 27.2 Å². The number of nitrogens with zero attached hydrogens (tertiary/aromatic N) is 4. The lowest BCUT2D eigenvalue weighted by molar-refractivity contribution is 0.147. The second kappa shape index (κ2) is 14.7. The molecule has 0 spiro atoms. The Labute approximate surface area is 275 Å².